The van der Waals surface area contributed by atoms with Gasteiger partial charge in [0, 0.05) is 0 Å². The molecule has 0 aliphatic rings. The number of hydrogen-bond acceptors (Lipinski definition) is 3. The third-order valence-electron chi connectivity index (χ3n) is 5.99. The van der Waals surface area contributed by atoms with Gasteiger partial charge in [-0.2, -0.15) is 0 Å². The molecule has 3 aromatic carbocycles. The number of carbonyl (C=O) groups excluding carboxylic acids is 1. The maximum atomic E-state index is 13.6. The van der Waals surface area contributed by atoms with Crippen molar-refractivity contribution in [1.29, 1.82) is 0 Å². The molecule has 0 radical (unpaired) electrons. The zero-order valence-corrected chi connectivity index (χ0v) is 20.7. The van der Waals surface area contributed by atoms with Crippen LogP contribution in [0.2, 0.25) is 0 Å². The van der Waals surface area contributed by atoms with Crippen LogP contribution in [0.4, 0.5) is 5.69 Å². The number of sulfonamides is 1. The van der Waals surface area contributed by atoms with Crippen molar-refractivity contribution in [2.24, 2.45) is 0 Å². The Balaban J connectivity index is 1.94. The number of nitrogens with zero attached hydrogens (tertiary/aromatic N) is 1. The summed E-state index contributed by atoms with van der Waals surface area (Å²) in [7, 11) is -3.93. The molecule has 33 heavy (non-hydrogen) atoms. The van der Waals surface area contributed by atoms with Gasteiger partial charge >= 0.3 is 0 Å². The third kappa shape index (κ3) is 5.45. The molecule has 1 amide bonds. The van der Waals surface area contributed by atoms with Crippen LogP contribution in [0.25, 0.3) is 0 Å². The van der Waals surface area contributed by atoms with Gasteiger partial charge < -0.3 is 5.32 Å². The highest BCUT2D eigenvalue weighted by Gasteiger charge is 2.29. The van der Waals surface area contributed by atoms with Crippen molar-refractivity contribution in [3.05, 3.63) is 94.5 Å². The molecule has 0 saturated heterocycles. The van der Waals surface area contributed by atoms with Gasteiger partial charge in [0.15, 0.2) is 0 Å². The minimum absolute atomic E-state index is 0.154. The smallest absolute Gasteiger partial charge is 0.264 e. The van der Waals surface area contributed by atoms with Gasteiger partial charge in [-0.05, 0) is 80.1 Å². The lowest BCUT2D eigenvalue weighted by Crippen LogP contribution is -2.42. The highest BCUT2D eigenvalue weighted by atomic mass is 32.2. The molecule has 6 heteroatoms. The molecule has 0 bridgehead atoms. The van der Waals surface area contributed by atoms with Gasteiger partial charge in [0.2, 0.25) is 5.91 Å². The molecule has 0 fully saturated rings. The highest BCUT2D eigenvalue weighted by molar-refractivity contribution is 7.92. The Morgan fingerprint density at radius 1 is 0.909 bits per heavy atom. The summed E-state index contributed by atoms with van der Waals surface area (Å²) >= 11 is 0. The number of amides is 1. The van der Waals surface area contributed by atoms with E-state index in [1.165, 1.54) is 9.87 Å². The quantitative estimate of drug-likeness (QED) is 0.495. The standard InChI is InChI=1S/C27H32N2O3S/c1-6-23-12-10-11-15-26(23)29(33(31,32)24-13-8-7-9-14-24)18-27(30)28-22(5)25-17-20(3)19(2)16-21(25)4/h7-17,22H,6,18H2,1-5H3,(H,28,30). The fourth-order valence-corrected chi connectivity index (χ4v) is 5.50. The van der Waals surface area contributed by atoms with Crippen LogP contribution in [0.3, 0.4) is 0 Å². The van der Waals surface area contributed by atoms with Gasteiger partial charge in [-0.1, -0.05) is 55.5 Å². The molecule has 0 aliphatic carbocycles. The molecule has 0 saturated carbocycles. The van der Waals surface area contributed by atoms with Gasteiger partial charge in [0.1, 0.15) is 6.54 Å². The molecule has 1 N–H and O–H groups in total. The predicted molar refractivity (Wildman–Crippen MR) is 134 cm³/mol. The largest absolute Gasteiger partial charge is 0.348 e. The second kappa shape index (κ2) is 10.2. The average molecular weight is 465 g/mol. The van der Waals surface area contributed by atoms with Gasteiger partial charge in [0.25, 0.3) is 10.0 Å². The van der Waals surface area contributed by atoms with Crippen LogP contribution >= 0.6 is 0 Å². The first-order valence-electron chi connectivity index (χ1n) is 11.2. The molecule has 1 unspecified atom stereocenters. The SMILES string of the molecule is CCc1ccccc1N(CC(=O)NC(C)c1cc(C)c(C)cc1C)S(=O)(=O)c1ccccc1. The zero-order valence-electron chi connectivity index (χ0n) is 19.9. The van der Waals surface area contributed by atoms with E-state index in [2.05, 4.69) is 24.4 Å². The maximum Gasteiger partial charge on any atom is 0.264 e. The summed E-state index contributed by atoms with van der Waals surface area (Å²) in [5, 5.41) is 3.00. The van der Waals surface area contributed by atoms with Gasteiger partial charge in [-0.15, -0.1) is 0 Å². The number of rotatable bonds is 8. The Morgan fingerprint density at radius 2 is 1.52 bits per heavy atom. The van der Waals surface area contributed by atoms with E-state index in [0.29, 0.717) is 12.1 Å². The zero-order chi connectivity index (χ0) is 24.2. The molecule has 0 aliphatic heterocycles. The minimum atomic E-state index is -3.93. The van der Waals surface area contributed by atoms with Crippen LogP contribution in [0, 0.1) is 20.8 Å². The van der Waals surface area contributed by atoms with E-state index in [0.717, 1.165) is 22.3 Å². The lowest BCUT2D eigenvalue weighted by molar-refractivity contribution is -0.120. The normalized spacial score (nSPS) is 12.3. The Hall–Kier alpha value is -3.12. The van der Waals surface area contributed by atoms with Crippen molar-refractivity contribution in [1.82, 2.24) is 5.32 Å². The first-order valence-corrected chi connectivity index (χ1v) is 12.6. The van der Waals surface area contributed by atoms with Crippen molar-refractivity contribution in [3.63, 3.8) is 0 Å². The van der Waals surface area contributed by atoms with Crippen LogP contribution in [0.5, 0.6) is 0 Å². The van der Waals surface area contributed by atoms with Crippen molar-refractivity contribution in [3.8, 4) is 0 Å². The van der Waals surface area contributed by atoms with E-state index in [9.17, 15) is 13.2 Å². The van der Waals surface area contributed by atoms with E-state index in [-0.39, 0.29) is 23.4 Å². The fourth-order valence-electron chi connectivity index (χ4n) is 4.02. The number of carbonyl (C=O) groups is 1. The lowest BCUT2D eigenvalue weighted by Gasteiger charge is -2.27. The first-order chi connectivity index (χ1) is 15.6. The number of hydrogen-bond donors (Lipinski definition) is 1. The van der Waals surface area contributed by atoms with Crippen molar-refractivity contribution in [2.75, 3.05) is 10.8 Å². The molecule has 3 aromatic rings. The van der Waals surface area contributed by atoms with E-state index < -0.39 is 10.0 Å². The van der Waals surface area contributed by atoms with Gasteiger partial charge in [-0.3, -0.25) is 9.10 Å². The van der Waals surface area contributed by atoms with Crippen molar-refractivity contribution >= 4 is 21.6 Å². The average Bonchev–Trinajstić information content (AvgIpc) is 2.80. The molecule has 1 atom stereocenters. The van der Waals surface area contributed by atoms with Gasteiger partial charge in [-0.25, -0.2) is 8.42 Å². The van der Waals surface area contributed by atoms with Crippen molar-refractivity contribution < 1.29 is 13.2 Å². The molecular weight excluding hydrogens is 432 g/mol. The molecule has 3 rings (SSSR count). The lowest BCUT2D eigenvalue weighted by atomic mass is 9.96. The monoisotopic (exact) mass is 464 g/mol. The predicted octanol–water partition coefficient (Wildman–Crippen LogP) is 5.25. The van der Waals surface area contributed by atoms with Gasteiger partial charge in [0.05, 0.1) is 16.6 Å². The summed E-state index contributed by atoms with van der Waals surface area (Å²) in [6, 6.07) is 19.5. The molecule has 0 heterocycles. The molecular formula is C27H32N2O3S. The Bertz CT molecular complexity index is 1240. The number of anilines is 1. The number of aryl methyl sites for hydroxylation is 4. The third-order valence-corrected chi connectivity index (χ3v) is 7.76. The van der Waals surface area contributed by atoms with Crippen LogP contribution in [0.15, 0.2) is 71.6 Å². The first kappa shape index (κ1) is 24.5. The Morgan fingerprint density at radius 3 is 2.18 bits per heavy atom. The summed E-state index contributed by atoms with van der Waals surface area (Å²) in [6.07, 6.45) is 0.650. The van der Waals surface area contributed by atoms with Crippen LogP contribution in [-0.4, -0.2) is 20.9 Å². The summed E-state index contributed by atoms with van der Waals surface area (Å²) in [5.41, 5.74) is 5.86. The fraction of sp³-hybridized carbons (Fsp3) is 0.296. The number of para-hydroxylation sites is 1. The van der Waals surface area contributed by atoms with Crippen molar-refractivity contribution in [2.45, 2.75) is 52.0 Å². The Labute approximate surface area is 197 Å². The van der Waals surface area contributed by atoms with E-state index >= 15 is 0 Å². The molecule has 0 aromatic heterocycles. The highest BCUT2D eigenvalue weighted by Crippen LogP contribution is 2.28. The number of benzene rings is 3. The van der Waals surface area contributed by atoms with E-state index in [1.54, 1.807) is 42.5 Å². The summed E-state index contributed by atoms with van der Waals surface area (Å²) in [5.74, 6) is -0.356. The van der Waals surface area contributed by atoms with E-state index in [1.807, 2.05) is 39.8 Å². The molecule has 174 valence electrons. The van der Waals surface area contributed by atoms with E-state index in [4.69, 9.17) is 0 Å². The topological polar surface area (TPSA) is 66.5 Å². The van der Waals surface area contributed by atoms with Crippen LogP contribution in [0.1, 0.15) is 47.7 Å². The second-order valence-corrected chi connectivity index (χ2v) is 10.3. The van der Waals surface area contributed by atoms with Crippen LogP contribution in [-0.2, 0) is 21.2 Å². The summed E-state index contributed by atoms with van der Waals surface area (Å²) in [6.45, 7) is 9.72. The minimum Gasteiger partial charge on any atom is -0.348 e. The molecule has 5 nitrogen and oxygen atoms in total. The summed E-state index contributed by atoms with van der Waals surface area (Å²) in [4.78, 5) is 13.3. The van der Waals surface area contributed by atoms with Crippen LogP contribution < -0.4 is 9.62 Å². The Kier molecular flexibility index (Phi) is 7.59. The molecule has 0 spiro atoms. The summed E-state index contributed by atoms with van der Waals surface area (Å²) < 4.78 is 28.4. The second-order valence-electron chi connectivity index (χ2n) is 8.39. The maximum absolute atomic E-state index is 13.6. The number of nitrogens with one attached hydrogen (secondary N) is 1.